The molecule has 7 nitrogen and oxygen atoms in total. The molecule has 0 aliphatic carbocycles. The zero-order chi connectivity index (χ0) is 24.4. The second-order valence-corrected chi connectivity index (χ2v) is 7.35. The maximum absolute atomic E-state index is 11.5. The Bertz CT molecular complexity index is 895. The van der Waals surface area contributed by atoms with Gasteiger partial charge in [0.2, 0.25) is 0 Å². The number of ether oxygens (including phenoxy) is 3. The molecule has 0 atom stereocenters. The summed E-state index contributed by atoms with van der Waals surface area (Å²) in [5.74, 6) is -0.756. The predicted octanol–water partition coefficient (Wildman–Crippen LogP) is 2.37. The van der Waals surface area contributed by atoms with E-state index in [4.69, 9.17) is 9.84 Å². The first kappa shape index (κ1) is 33.5. The number of hydrogen-bond acceptors (Lipinski definition) is 7. The molecule has 0 aliphatic rings. The number of aliphatic hydroxyl groups excluding tert-OH is 1. The van der Waals surface area contributed by atoms with Crippen molar-refractivity contribution in [1.29, 1.82) is 0 Å². The number of carbonyl (C=O) groups is 3. The van der Waals surface area contributed by atoms with E-state index in [9.17, 15) is 14.4 Å². The molecule has 10 heteroatoms. The van der Waals surface area contributed by atoms with Crippen molar-refractivity contribution in [2.45, 2.75) is 20.3 Å². The molecule has 1 N–H and O–H groups in total. The average Bonchev–Trinajstić information content (AvgIpc) is 2.79. The summed E-state index contributed by atoms with van der Waals surface area (Å²) in [6.45, 7) is 4.66. The number of carbonyl (C=O) groups excluding carboxylic acids is 3. The van der Waals surface area contributed by atoms with Crippen molar-refractivity contribution in [2.75, 3.05) is 20.3 Å². The standard InChI is InChI=1S/C11H11BrO3.C9H9BrO2.C3H6O2.Na.H/c1-2-15-11(14)9(7-13)8-5-3-4-6-10(8)12;1-12-9(11)6-7-4-2-3-5-8(7)10;1-2-5-3-4;;/h3-7,13H,2H2,1H3;2-5H,6H2,1H3;3H,2H2,1H3;;/q;;;+1;-1. The van der Waals surface area contributed by atoms with Crippen LogP contribution in [0.4, 0.5) is 0 Å². The smallest absolute Gasteiger partial charge is 1.00 e. The average molecular weight is 598 g/mol. The molecule has 2 aromatic carbocycles. The topological polar surface area (TPSA) is 99.1 Å². The van der Waals surface area contributed by atoms with Gasteiger partial charge in [-0.2, -0.15) is 0 Å². The monoisotopic (exact) mass is 596 g/mol. The molecule has 0 unspecified atom stereocenters. The van der Waals surface area contributed by atoms with Crippen LogP contribution < -0.4 is 29.6 Å². The van der Waals surface area contributed by atoms with E-state index >= 15 is 0 Å². The number of methoxy groups -OCH3 is 1. The van der Waals surface area contributed by atoms with Gasteiger partial charge in [0.25, 0.3) is 6.47 Å². The Morgan fingerprint density at radius 1 is 1.00 bits per heavy atom. The van der Waals surface area contributed by atoms with E-state index in [1.54, 1.807) is 32.0 Å². The van der Waals surface area contributed by atoms with E-state index in [-0.39, 0.29) is 49.1 Å². The van der Waals surface area contributed by atoms with Gasteiger partial charge in [-0.3, -0.25) is 9.59 Å². The zero-order valence-electron chi connectivity index (χ0n) is 20.0. The maximum Gasteiger partial charge on any atom is 1.00 e. The summed E-state index contributed by atoms with van der Waals surface area (Å²) in [6, 6.07) is 14.7. The van der Waals surface area contributed by atoms with Crippen molar-refractivity contribution < 1.29 is 64.7 Å². The number of halogens is 2. The van der Waals surface area contributed by atoms with Gasteiger partial charge in [-0.05, 0) is 31.5 Å². The van der Waals surface area contributed by atoms with Crippen molar-refractivity contribution in [3.8, 4) is 0 Å². The first-order chi connectivity index (χ1) is 15.4. The zero-order valence-corrected chi connectivity index (χ0v) is 24.2. The number of rotatable bonds is 7. The molecule has 0 radical (unpaired) electrons. The molecule has 176 valence electrons. The molecule has 0 heterocycles. The normalized spacial score (nSPS) is 9.55. The second kappa shape index (κ2) is 20.9. The molecule has 0 bridgehead atoms. The molecule has 2 rings (SSSR count). The molecule has 0 saturated heterocycles. The van der Waals surface area contributed by atoms with Crippen molar-refractivity contribution in [3.63, 3.8) is 0 Å². The third kappa shape index (κ3) is 14.3. The molecular weight excluding hydrogens is 571 g/mol. The van der Waals surface area contributed by atoms with Crippen LogP contribution in [0.2, 0.25) is 0 Å². The van der Waals surface area contributed by atoms with E-state index < -0.39 is 5.97 Å². The van der Waals surface area contributed by atoms with Gasteiger partial charge in [0, 0.05) is 14.5 Å². The molecule has 0 fully saturated rings. The van der Waals surface area contributed by atoms with E-state index in [1.807, 2.05) is 30.3 Å². The fourth-order valence-electron chi connectivity index (χ4n) is 2.06. The van der Waals surface area contributed by atoms with Gasteiger partial charge in [0.1, 0.15) is 5.57 Å². The van der Waals surface area contributed by atoms with Crippen LogP contribution >= 0.6 is 31.9 Å². The summed E-state index contributed by atoms with van der Waals surface area (Å²) >= 11 is 6.64. The van der Waals surface area contributed by atoms with E-state index in [2.05, 4.69) is 41.3 Å². The van der Waals surface area contributed by atoms with Crippen LogP contribution in [-0.2, 0) is 35.0 Å². The van der Waals surface area contributed by atoms with Crippen LogP contribution in [0.25, 0.3) is 5.57 Å². The molecule has 33 heavy (non-hydrogen) atoms. The van der Waals surface area contributed by atoms with Crippen LogP contribution in [0.15, 0.2) is 63.7 Å². The summed E-state index contributed by atoms with van der Waals surface area (Å²) < 4.78 is 15.2. The summed E-state index contributed by atoms with van der Waals surface area (Å²) in [7, 11) is 1.39. The van der Waals surface area contributed by atoms with Crippen molar-refractivity contribution in [2.24, 2.45) is 0 Å². The minimum Gasteiger partial charge on any atom is -1.00 e. The fourth-order valence-corrected chi connectivity index (χ4v) is 2.98. The van der Waals surface area contributed by atoms with Gasteiger partial charge >= 0.3 is 41.5 Å². The van der Waals surface area contributed by atoms with Gasteiger partial charge in [-0.15, -0.1) is 0 Å². The van der Waals surface area contributed by atoms with Gasteiger partial charge in [-0.25, -0.2) is 4.79 Å². The van der Waals surface area contributed by atoms with Crippen LogP contribution in [0.1, 0.15) is 26.4 Å². The van der Waals surface area contributed by atoms with Crippen molar-refractivity contribution in [1.82, 2.24) is 0 Å². The second-order valence-electron chi connectivity index (χ2n) is 5.64. The predicted molar refractivity (Wildman–Crippen MR) is 130 cm³/mol. The van der Waals surface area contributed by atoms with Crippen LogP contribution in [0.3, 0.4) is 0 Å². The number of aliphatic hydroxyl groups is 1. The van der Waals surface area contributed by atoms with E-state index in [0.29, 0.717) is 25.1 Å². The molecule has 0 aromatic heterocycles. The molecule has 0 saturated carbocycles. The van der Waals surface area contributed by atoms with E-state index in [0.717, 1.165) is 20.8 Å². The summed E-state index contributed by atoms with van der Waals surface area (Å²) in [4.78, 5) is 31.5. The Balaban J connectivity index is -0.000000457. The Morgan fingerprint density at radius 3 is 2.00 bits per heavy atom. The van der Waals surface area contributed by atoms with Gasteiger partial charge in [-0.1, -0.05) is 68.3 Å². The summed E-state index contributed by atoms with van der Waals surface area (Å²) in [6.07, 6.45) is 1.08. The third-order valence-electron chi connectivity index (χ3n) is 3.54. The SMILES string of the molecule is CCOC(=O)C(=CO)c1ccccc1Br.CCOC=O.COC(=O)Cc1ccccc1Br.[H-].[Na+]. The number of esters is 2. The molecule has 0 spiro atoms. The van der Waals surface area contributed by atoms with Crippen molar-refractivity contribution >= 4 is 55.8 Å². The Labute approximate surface area is 234 Å². The van der Waals surface area contributed by atoms with Crippen molar-refractivity contribution in [3.05, 3.63) is 74.9 Å². The number of benzene rings is 2. The largest absolute Gasteiger partial charge is 1.00 e. The Hall–Kier alpha value is -1.65. The maximum atomic E-state index is 11.5. The van der Waals surface area contributed by atoms with Crippen LogP contribution in [-0.4, -0.2) is 43.8 Å². The minimum atomic E-state index is -0.535. The molecular formula is C23H27Br2NaO7. The van der Waals surface area contributed by atoms with Gasteiger partial charge < -0.3 is 20.7 Å². The fraction of sp³-hybridized carbons (Fsp3) is 0.261. The minimum absolute atomic E-state index is 0. The third-order valence-corrected chi connectivity index (χ3v) is 5.01. The first-order valence-electron chi connectivity index (χ1n) is 9.47. The molecule has 0 amide bonds. The van der Waals surface area contributed by atoms with Crippen LogP contribution in [0.5, 0.6) is 0 Å². The molecule has 2 aromatic rings. The van der Waals surface area contributed by atoms with Gasteiger partial charge in [0.15, 0.2) is 0 Å². The number of hydrogen-bond donors (Lipinski definition) is 1. The molecule has 0 aliphatic heterocycles. The summed E-state index contributed by atoms with van der Waals surface area (Å²) in [5, 5.41) is 9.02. The first-order valence-corrected chi connectivity index (χ1v) is 11.1. The van der Waals surface area contributed by atoms with Crippen LogP contribution in [0, 0.1) is 0 Å². The van der Waals surface area contributed by atoms with E-state index in [1.165, 1.54) is 7.11 Å². The summed E-state index contributed by atoms with van der Waals surface area (Å²) in [5.41, 5.74) is 1.70. The Morgan fingerprint density at radius 2 is 1.58 bits per heavy atom. The quantitative estimate of drug-likeness (QED) is 0.131. The van der Waals surface area contributed by atoms with Gasteiger partial charge in [0.05, 0.1) is 33.0 Å². The Kier molecular flexibility index (Phi) is 21.3.